The number of phenolic OH excluding ortho intramolecular Hbond substituents is 1. The normalized spacial score (nSPS) is 17.3. The van der Waals surface area contributed by atoms with Gasteiger partial charge in [-0.05, 0) is 25.0 Å². The Balaban J connectivity index is 2.00. The third-order valence-electron chi connectivity index (χ3n) is 3.31. The third-order valence-corrected chi connectivity index (χ3v) is 3.31. The monoisotopic (exact) mass is 238 g/mol. The first-order valence-corrected chi connectivity index (χ1v) is 6.08. The summed E-state index contributed by atoms with van der Waals surface area (Å²) in [5.74, 6) is -0.191. The zero-order valence-corrected chi connectivity index (χ0v) is 10.2. The molecule has 0 amide bonds. The zero-order chi connectivity index (χ0) is 12.3. The summed E-state index contributed by atoms with van der Waals surface area (Å²) in [6, 6.07) is 3.04. The van der Waals surface area contributed by atoms with Gasteiger partial charge in [-0.25, -0.2) is 4.39 Å². The van der Waals surface area contributed by atoms with Crippen molar-refractivity contribution in [3.05, 3.63) is 29.1 Å². The average Bonchev–Trinajstić information content (AvgIpc) is 2.35. The number of aromatic hydroxyl groups is 1. The molecule has 17 heavy (non-hydrogen) atoms. The lowest BCUT2D eigenvalue weighted by Gasteiger charge is -2.27. The molecular formula is C13H19FN2O. The van der Waals surface area contributed by atoms with Crippen LogP contribution in [0.25, 0.3) is 0 Å². The van der Waals surface area contributed by atoms with E-state index in [1.165, 1.54) is 6.07 Å². The summed E-state index contributed by atoms with van der Waals surface area (Å²) in [5.41, 5.74) is 1.19. The molecule has 0 unspecified atom stereocenters. The molecule has 1 aliphatic heterocycles. The molecule has 1 heterocycles. The van der Waals surface area contributed by atoms with Crippen LogP contribution in [-0.4, -0.2) is 42.7 Å². The van der Waals surface area contributed by atoms with E-state index < -0.39 is 0 Å². The fraction of sp³-hybridized carbons (Fsp3) is 0.538. The van der Waals surface area contributed by atoms with Crippen molar-refractivity contribution in [3.63, 3.8) is 0 Å². The molecule has 0 saturated carbocycles. The van der Waals surface area contributed by atoms with Gasteiger partial charge in [0.1, 0.15) is 11.6 Å². The van der Waals surface area contributed by atoms with Crippen LogP contribution < -0.4 is 5.32 Å². The Kier molecular flexibility index (Phi) is 3.97. The minimum Gasteiger partial charge on any atom is -0.507 e. The Hall–Kier alpha value is -1.13. The summed E-state index contributed by atoms with van der Waals surface area (Å²) in [6.45, 7) is 6.56. The van der Waals surface area contributed by atoms with Gasteiger partial charge in [0, 0.05) is 38.3 Å². The van der Waals surface area contributed by atoms with Crippen LogP contribution in [0.1, 0.15) is 11.1 Å². The van der Waals surface area contributed by atoms with Crippen molar-refractivity contribution in [1.82, 2.24) is 10.2 Å². The summed E-state index contributed by atoms with van der Waals surface area (Å²) in [6.07, 6.45) is 0.569. The molecule has 3 nitrogen and oxygen atoms in total. The van der Waals surface area contributed by atoms with Gasteiger partial charge in [0.2, 0.25) is 0 Å². The van der Waals surface area contributed by atoms with Crippen molar-refractivity contribution in [1.29, 1.82) is 0 Å². The van der Waals surface area contributed by atoms with E-state index in [9.17, 15) is 9.50 Å². The fourth-order valence-corrected chi connectivity index (χ4v) is 2.17. The van der Waals surface area contributed by atoms with Gasteiger partial charge in [-0.2, -0.15) is 0 Å². The van der Waals surface area contributed by atoms with Gasteiger partial charge in [0.25, 0.3) is 0 Å². The molecule has 0 aromatic heterocycles. The van der Waals surface area contributed by atoms with Gasteiger partial charge in [-0.3, -0.25) is 0 Å². The van der Waals surface area contributed by atoms with Crippen molar-refractivity contribution in [2.45, 2.75) is 13.3 Å². The van der Waals surface area contributed by atoms with Gasteiger partial charge < -0.3 is 15.3 Å². The maximum absolute atomic E-state index is 13.6. The van der Waals surface area contributed by atoms with E-state index in [-0.39, 0.29) is 11.6 Å². The molecule has 2 N–H and O–H groups in total. The average molecular weight is 238 g/mol. The lowest BCUT2D eigenvalue weighted by Crippen LogP contribution is -2.44. The molecular weight excluding hydrogens is 219 g/mol. The van der Waals surface area contributed by atoms with Crippen LogP contribution in [0.15, 0.2) is 12.1 Å². The first kappa shape index (κ1) is 12.3. The van der Waals surface area contributed by atoms with Crippen molar-refractivity contribution in [2.24, 2.45) is 0 Å². The highest BCUT2D eigenvalue weighted by Gasteiger charge is 2.14. The molecule has 1 aliphatic rings. The number of nitrogens with zero attached hydrogens (tertiary/aromatic N) is 1. The van der Waals surface area contributed by atoms with Crippen molar-refractivity contribution < 1.29 is 9.50 Å². The van der Waals surface area contributed by atoms with E-state index in [0.29, 0.717) is 12.0 Å². The molecule has 94 valence electrons. The summed E-state index contributed by atoms with van der Waals surface area (Å²) >= 11 is 0. The second-order valence-electron chi connectivity index (χ2n) is 4.53. The Morgan fingerprint density at radius 3 is 2.76 bits per heavy atom. The number of rotatable bonds is 3. The fourth-order valence-electron chi connectivity index (χ4n) is 2.17. The summed E-state index contributed by atoms with van der Waals surface area (Å²) in [4.78, 5) is 2.29. The SMILES string of the molecule is Cc1ccc(F)c(CCN2CCNCC2)c1O. The topological polar surface area (TPSA) is 35.5 Å². The quantitative estimate of drug-likeness (QED) is 0.833. The second kappa shape index (κ2) is 5.47. The van der Waals surface area contributed by atoms with Gasteiger partial charge >= 0.3 is 0 Å². The number of aryl methyl sites for hydroxylation is 1. The highest BCUT2D eigenvalue weighted by Crippen LogP contribution is 2.25. The number of piperazine rings is 1. The van der Waals surface area contributed by atoms with Crippen molar-refractivity contribution >= 4 is 0 Å². The van der Waals surface area contributed by atoms with E-state index in [0.717, 1.165) is 38.3 Å². The number of hydrogen-bond acceptors (Lipinski definition) is 3. The highest BCUT2D eigenvalue weighted by atomic mass is 19.1. The molecule has 0 aliphatic carbocycles. The molecule has 4 heteroatoms. The third kappa shape index (κ3) is 2.96. The standard InChI is InChI=1S/C13H19FN2O/c1-10-2-3-12(14)11(13(10)17)4-7-16-8-5-15-6-9-16/h2-3,15,17H,4-9H2,1H3. The zero-order valence-electron chi connectivity index (χ0n) is 10.2. The van der Waals surface area contributed by atoms with Crippen LogP contribution in [-0.2, 0) is 6.42 Å². The number of benzene rings is 1. The summed E-state index contributed by atoms with van der Waals surface area (Å²) in [5, 5.41) is 13.1. The largest absolute Gasteiger partial charge is 0.507 e. The Bertz CT molecular complexity index is 389. The van der Waals surface area contributed by atoms with Gasteiger partial charge in [-0.1, -0.05) is 6.07 Å². The van der Waals surface area contributed by atoms with Gasteiger partial charge in [0.05, 0.1) is 0 Å². The molecule has 0 bridgehead atoms. The Morgan fingerprint density at radius 2 is 2.06 bits per heavy atom. The van der Waals surface area contributed by atoms with E-state index in [1.54, 1.807) is 13.0 Å². The molecule has 2 rings (SSSR count). The van der Waals surface area contributed by atoms with Gasteiger partial charge in [-0.15, -0.1) is 0 Å². The van der Waals surface area contributed by atoms with E-state index in [2.05, 4.69) is 10.2 Å². The lowest BCUT2D eigenvalue weighted by molar-refractivity contribution is 0.242. The van der Waals surface area contributed by atoms with Crippen LogP contribution in [0, 0.1) is 12.7 Å². The first-order valence-electron chi connectivity index (χ1n) is 6.08. The van der Waals surface area contributed by atoms with Crippen molar-refractivity contribution in [3.8, 4) is 5.75 Å². The smallest absolute Gasteiger partial charge is 0.130 e. The predicted molar refractivity (Wildman–Crippen MR) is 65.8 cm³/mol. The molecule has 0 spiro atoms. The minimum atomic E-state index is -0.303. The summed E-state index contributed by atoms with van der Waals surface area (Å²) in [7, 11) is 0. The minimum absolute atomic E-state index is 0.111. The Labute approximate surface area is 101 Å². The van der Waals surface area contributed by atoms with Crippen LogP contribution >= 0.6 is 0 Å². The van der Waals surface area contributed by atoms with Crippen LogP contribution in [0.5, 0.6) is 5.75 Å². The maximum atomic E-state index is 13.6. The Morgan fingerprint density at radius 1 is 1.35 bits per heavy atom. The summed E-state index contributed by atoms with van der Waals surface area (Å²) < 4.78 is 13.6. The number of nitrogens with one attached hydrogen (secondary N) is 1. The number of hydrogen-bond donors (Lipinski definition) is 2. The van der Waals surface area contributed by atoms with Crippen LogP contribution in [0.4, 0.5) is 4.39 Å². The first-order chi connectivity index (χ1) is 8.18. The molecule has 1 fully saturated rings. The second-order valence-corrected chi connectivity index (χ2v) is 4.53. The molecule has 1 saturated heterocycles. The highest BCUT2D eigenvalue weighted by molar-refractivity contribution is 5.40. The van der Waals surface area contributed by atoms with E-state index in [4.69, 9.17) is 0 Å². The number of phenols is 1. The van der Waals surface area contributed by atoms with Crippen LogP contribution in [0.2, 0.25) is 0 Å². The van der Waals surface area contributed by atoms with Gasteiger partial charge in [0.15, 0.2) is 0 Å². The molecule has 1 aromatic rings. The predicted octanol–water partition coefficient (Wildman–Crippen LogP) is 1.29. The molecule has 0 atom stereocenters. The molecule has 1 aromatic carbocycles. The van der Waals surface area contributed by atoms with E-state index in [1.807, 2.05) is 0 Å². The van der Waals surface area contributed by atoms with Crippen LogP contribution in [0.3, 0.4) is 0 Å². The van der Waals surface area contributed by atoms with Crippen molar-refractivity contribution in [2.75, 3.05) is 32.7 Å². The number of halogens is 1. The van der Waals surface area contributed by atoms with E-state index >= 15 is 0 Å². The maximum Gasteiger partial charge on any atom is 0.130 e. The lowest BCUT2D eigenvalue weighted by atomic mass is 10.1. The molecule has 0 radical (unpaired) electrons.